The second kappa shape index (κ2) is 4.33. The van der Waals surface area contributed by atoms with E-state index in [1.165, 1.54) is 24.4 Å². The van der Waals surface area contributed by atoms with Crippen molar-refractivity contribution in [1.82, 2.24) is 4.98 Å². The van der Waals surface area contributed by atoms with Crippen LogP contribution in [0.1, 0.15) is 11.1 Å². The molecule has 0 bridgehead atoms. The summed E-state index contributed by atoms with van der Waals surface area (Å²) in [6.07, 6.45) is -3.07. The third kappa shape index (κ3) is 2.16. The van der Waals surface area contributed by atoms with Gasteiger partial charge in [0.1, 0.15) is 0 Å². The lowest BCUT2D eigenvalue weighted by molar-refractivity contribution is -0.137. The molecule has 18 heavy (non-hydrogen) atoms. The van der Waals surface area contributed by atoms with Gasteiger partial charge in [-0.3, -0.25) is 4.79 Å². The van der Waals surface area contributed by atoms with Crippen LogP contribution in [-0.2, 0) is 6.18 Å². The monoisotopic (exact) mass is 253 g/mol. The van der Waals surface area contributed by atoms with Crippen LogP contribution < -0.4 is 5.56 Å². The molecule has 5 heteroatoms. The summed E-state index contributed by atoms with van der Waals surface area (Å²) < 4.78 is 38.7. The van der Waals surface area contributed by atoms with Gasteiger partial charge in [0.2, 0.25) is 0 Å². The minimum atomic E-state index is -4.48. The van der Waals surface area contributed by atoms with E-state index in [0.29, 0.717) is 5.56 Å². The first-order valence-electron chi connectivity index (χ1n) is 5.26. The van der Waals surface area contributed by atoms with E-state index in [0.717, 1.165) is 6.07 Å². The Kier molecular flexibility index (Phi) is 2.98. The van der Waals surface area contributed by atoms with Crippen molar-refractivity contribution in [1.29, 1.82) is 0 Å². The Labute approximate surface area is 101 Å². The molecule has 0 aliphatic rings. The first-order valence-corrected chi connectivity index (χ1v) is 5.26. The summed E-state index contributed by atoms with van der Waals surface area (Å²) in [5.41, 5.74) is -0.846. The number of aryl methyl sites for hydroxylation is 1. The van der Waals surface area contributed by atoms with Crippen molar-refractivity contribution in [3.8, 4) is 11.1 Å². The van der Waals surface area contributed by atoms with Crippen LogP contribution in [0.2, 0.25) is 0 Å². The summed E-state index contributed by atoms with van der Waals surface area (Å²) in [4.78, 5) is 14.1. The highest BCUT2D eigenvalue weighted by Gasteiger charge is 2.34. The minimum Gasteiger partial charge on any atom is -0.329 e. The number of nitrogens with one attached hydrogen (secondary N) is 1. The predicted octanol–water partition coefficient (Wildman–Crippen LogP) is 3.37. The highest BCUT2D eigenvalue weighted by molar-refractivity contribution is 5.70. The van der Waals surface area contributed by atoms with Gasteiger partial charge in [0, 0.05) is 6.20 Å². The molecule has 0 spiro atoms. The van der Waals surface area contributed by atoms with Crippen molar-refractivity contribution in [2.45, 2.75) is 13.1 Å². The van der Waals surface area contributed by atoms with E-state index in [1.807, 2.05) is 0 Å². The molecule has 0 amide bonds. The van der Waals surface area contributed by atoms with Crippen LogP contribution in [0.3, 0.4) is 0 Å². The van der Waals surface area contributed by atoms with Crippen molar-refractivity contribution in [2.75, 3.05) is 0 Å². The zero-order valence-electron chi connectivity index (χ0n) is 9.51. The average Bonchev–Trinajstić information content (AvgIpc) is 2.28. The number of hydrogen-bond donors (Lipinski definition) is 1. The topological polar surface area (TPSA) is 32.9 Å². The quantitative estimate of drug-likeness (QED) is 0.830. The fraction of sp³-hybridized carbons (Fsp3) is 0.154. The molecule has 2 nitrogen and oxygen atoms in total. The zero-order valence-corrected chi connectivity index (χ0v) is 9.51. The summed E-state index contributed by atoms with van der Waals surface area (Å²) in [7, 11) is 0. The molecule has 0 unspecified atom stereocenters. The first kappa shape index (κ1) is 12.4. The lowest BCUT2D eigenvalue weighted by Crippen LogP contribution is -2.14. The lowest BCUT2D eigenvalue weighted by Gasteiger charge is -2.13. The molecule has 1 aromatic carbocycles. The van der Waals surface area contributed by atoms with E-state index < -0.39 is 17.3 Å². The molecule has 0 saturated heterocycles. The van der Waals surface area contributed by atoms with Crippen LogP contribution >= 0.6 is 0 Å². The van der Waals surface area contributed by atoms with E-state index in [-0.39, 0.29) is 11.1 Å². The molecule has 1 N–H and O–H groups in total. The Morgan fingerprint density at radius 1 is 1.11 bits per heavy atom. The molecular weight excluding hydrogens is 243 g/mol. The fourth-order valence-electron chi connectivity index (χ4n) is 1.86. The van der Waals surface area contributed by atoms with Crippen molar-refractivity contribution >= 4 is 0 Å². The van der Waals surface area contributed by atoms with Gasteiger partial charge in [0.05, 0.1) is 11.1 Å². The molecule has 0 atom stereocenters. The number of aromatic amines is 1. The van der Waals surface area contributed by atoms with Gasteiger partial charge in [-0.1, -0.05) is 18.2 Å². The van der Waals surface area contributed by atoms with Gasteiger partial charge in [-0.2, -0.15) is 13.2 Å². The Bertz CT molecular complexity index is 629. The summed E-state index contributed by atoms with van der Waals surface area (Å²) in [5, 5.41) is 0. The maximum atomic E-state index is 12.9. The summed E-state index contributed by atoms with van der Waals surface area (Å²) in [5.74, 6) is 0. The van der Waals surface area contributed by atoms with Gasteiger partial charge < -0.3 is 4.98 Å². The standard InChI is InChI=1S/C13H10F3NO/c1-8-6-7-17-12(18)11(8)9-4-2-3-5-10(9)13(14,15)16/h2-7H,1H3,(H,17,18). The third-order valence-corrected chi connectivity index (χ3v) is 2.67. The molecule has 0 aliphatic heterocycles. The number of rotatable bonds is 1. The Morgan fingerprint density at radius 2 is 1.78 bits per heavy atom. The lowest BCUT2D eigenvalue weighted by atomic mass is 9.97. The molecule has 1 aromatic heterocycles. The van der Waals surface area contributed by atoms with Crippen molar-refractivity contribution in [3.05, 3.63) is 58.0 Å². The van der Waals surface area contributed by atoms with Crippen LogP contribution in [0, 0.1) is 6.92 Å². The van der Waals surface area contributed by atoms with Crippen LogP contribution in [0.25, 0.3) is 11.1 Å². The molecule has 1 heterocycles. The number of halogens is 3. The molecule has 94 valence electrons. The maximum absolute atomic E-state index is 12.9. The van der Waals surface area contributed by atoms with E-state index in [1.54, 1.807) is 13.0 Å². The molecular formula is C13H10F3NO. The SMILES string of the molecule is Cc1cc[nH]c(=O)c1-c1ccccc1C(F)(F)F. The number of H-pyrrole nitrogens is 1. The fourth-order valence-corrected chi connectivity index (χ4v) is 1.86. The van der Waals surface area contributed by atoms with Crippen LogP contribution in [0.15, 0.2) is 41.3 Å². The molecule has 0 fully saturated rings. The average molecular weight is 253 g/mol. The van der Waals surface area contributed by atoms with Gasteiger partial charge in [-0.25, -0.2) is 0 Å². The first-order chi connectivity index (χ1) is 8.41. The number of benzene rings is 1. The summed E-state index contributed by atoms with van der Waals surface area (Å²) in [6, 6.07) is 6.64. The van der Waals surface area contributed by atoms with Gasteiger partial charge in [0.15, 0.2) is 0 Å². The number of pyridine rings is 1. The highest BCUT2D eigenvalue weighted by Crippen LogP contribution is 2.36. The van der Waals surface area contributed by atoms with Gasteiger partial charge in [-0.15, -0.1) is 0 Å². The maximum Gasteiger partial charge on any atom is 0.417 e. The smallest absolute Gasteiger partial charge is 0.329 e. The number of hydrogen-bond acceptors (Lipinski definition) is 1. The third-order valence-electron chi connectivity index (χ3n) is 2.67. The molecule has 2 rings (SSSR count). The minimum absolute atomic E-state index is 0.0606. The highest BCUT2D eigenvalue weighted by atomic mass is 19.4. The second-order valence-corrected chi connectivity index (χ2v) is 3.91. The molecule has 2 aromatic rings. The van der Waals surface area contributed by atoms with E-state index in [4.69, 9.17) is 0 Å². The van der Waals surface area contributed by atoms with E-state index >= 15 is 0 Å². The normalized spacial score (nSPS) is 11.6. The largest absolute Gasteiger partial charge is 0.417 e. The number of alkyl halides is 3. The Balaban J connectivity index is 2.77. The molecule has 0 aliphatic carbocycles. The van der Waals surface area contributed by atoms with Crippen molar-refractivity contribution in [3.63, 3.8) is 0 Å². The van der Waals surface area contributed by atoms with Gasteiger partial charge in [0.25, 0.3) is 5.56 Å². The van der Waals surface area contributed by atoms with E-state index in [2.05, 4.69) is 4.98 Å². The van der Waals surface area contributed by atoms with E-state index in [9.17, 15) is 18.0 Å². The Morgan fingerprint density at radius 3 is 2.39 bits per heavy atom. The van der Waals surface area contributed by atoms with Crippen molar-refractivity contribution < 1.29 is 13.2 Å². The van der Waals surface area contributed by atoms with Gasteiger partial charge in [-0.05, 0) is 30.2 Å². The molecule has 0 radical (unpaired) electrons. The van der Waals surface area contributed by atoms with Crippen LogP contribution in [0.4, 0.5) is 13.2 Å². The number of aromatic nitrogens is 1. The summed E-state index contributed by atoms with van der Waals surface area (Å²) in [6.45, 7) is 1.61. The van der Waals surface area contributed by atoms with Crippen molar-refractivity contribution in [2.24, 2.45) is 0 Å². The van der Waals surface area contributed by atoms with Crippen LogP contribution in [-0.4, -0.2) is 4.98 Å². The predicted molar refractivity (Wildman–Crippen MR) is 62.2 cm³/mol. The summed E-state index contributed by atoms with van der Waals surface area (Å²) >= 11 is 0. The van der Waals surface area contributed by atoms with Crippen LogP contribution in [0.5, 0.6) is 0 Å². The Hall–Kier alpha value is -2.04. The van der Waals surface area contributed by atoms with Gasteiger partial charge >= 0.3 is 6.18 Å². The second-order valence-electron chi connectivity index (χ2n) is 3.91. The molecule has 0 saturated carbocycles. The zero-order chi connectivity index (χ0) is 13.3.